The molecule has 2 aromatic carbocycles. The van der Waals surface area contributed by atoms with E-state index in [2.05, 4.69) is 13.2 Å². The molecule has 0 heterocycles. The molecule has 0 saturated heterocycles. The number of hydrogen-bond donors (Lipinski definition) is 1. The van der Waals surface area contributed by atoms with Crippen LogP contribution in [0.3, 0.4) is 0 Å². The van der Waals surface area contributed by atoms with Gasteiger partial charge >= 0.3 is 5.97 Å². The van der Waals surface area contributed by atoms with Gasteiger partial charge < -0.3 is 14.6 Å². The molecule has 0 aliphatic rings. The zero-order valence-corrected chi connectivity index (χ0v) is 13.5. The number of hydrogen-bond acceptors (Lipinski definition) is 4. The largest absolute Gasteiger partial charge is 0.458 e. The lowest BCUT2D eigenvalue weighted by molar-refractivity contribution is -0.129. The molecule has 1 atom stereocenters. The Morgan fingerprint density at radius 1 is 1.12 bits per heavy atom. The molecule has 130 valence electrons. The van der Waals surface area contributed by atoms with Crippen molar-refractivity contribution in [3.63, 3.8) is 0 Å². The van der Waals surface area contributed by atoms with Gasteiger partial charge in [-0.2, -0.15) is 0 Å². The Bertz CT molecular complexity index is 830. The summed E-state index contributed by atoms with van der Waals surface area (Å²) in [6.45, 7) is 8.28. The minimum absolute atomic E-state index is 0.156. The fourth-order valence-corrected chi connectivity index (χ4v) is 1.91. The lowest BCUT2D eigenvalue weighted by atomic mass is 10.0. The summed E-state index contributed by atoms with van der Waals surface area (Å²) in [5.41, 5.74) is 1.09. The lowest BCUT2D eigenvalue weighted by Crippen LogP contribution is -2.16. The quantitative estimate of drug-likeness (QED) is 0.282. The molecule has 0 aromatic heterocycles. The van der Waals surface area contributed by atoms with Crippen molar-refractivity contribution in [1.82, 2.24) is 0 Å². The predicted octanol–water partition coefficient (Wildman–Crippen LogP) is 4.00. The van der Waals surface area contributed by atoms with E-state index in [1.807, 2.05) is 0 Å². The van der Waals surface area contributed by atoms with Crippen LogP contribution in [0.25, 0.3) is 11.1 Å². The molecule has 0 spiro atoms. The van der Waals surface area contributed by atoms with Crippen molar-refractivity contribution in [2.75, 3.05) is 0 Å². The van der Waals surface area contributed by atoms with E-state index in [0.717, 1.165) is 18.2 Å². The van der Waals surface area contributed by atoms with E-state index in [-0.39, 0.29) is 11.5 Å². The number of ether oxygens (including phenoxy) is 2. The van der Waals surface area contributed by atoms with E-state index < -0.39 is 23.9 Å². The topological polar surface area (TPSA) is 55.8 Å². The average molecular weight is 346 g/mol. The molecule has 0 fully saturated rings. The van der Waals surface area contributed by atoms with Crippen LogP contribution in [0.4, 0.5) is 8.78 Å². The van der Waals surface area contributed by atoms with Crippen molar-refractivity contribution in [2.45, 2.75) is 13.2 Å². The Balaban J connectivity index is 2.26. The van der Waals surface area contributed by atoms with Gasteiger partial charge in [0.15, 0.2) is 23.1 Å². The highest BCUT2D eigenvalue weighted by Crippen LogP contribution is 2.29. The summed E-state index contributed by atoms with van der Waals surface area (Å²) in [7, 11) is 0. The molecule has 0 radical (unpaired) electrons. The molecule has 0 saturated carbocycles. The van der Waals surface area contributed by atoms with Crippen molar-refractivity contribution < 1.29 is 28.2 Å². The highest BCUT2D eigenvalue weighted by atomic mass is 19.1. The predicted molar refractivity (Wildman–Crippen MR) is 89.1 cm³/mol. The zero-order valence-electron chi connectivity index (χ0n) is 13.5. The Kier molecular flexibility index (Phi) is 5.67. The van der Waals surface area contributed by atoms with Gasteiger partial charge in [-0.1, -0.05) is 25.3 Å². The standard InChI is InChI=1S/C19H16F2O4/c1-4-18(22)24-16-7-5-12(9-14(16)20)13-6-8-17(15(21)10-13)25-19(23)11(2)3/h4-10,19,23H,1-2H2,3H3. The fraction of sp³-hybridized carbons (Fsp3) is 0.105. The number of esters is 1. The first-order valence-corrected chi connectivity index (χ1v) is 7.25. The highest BCUT2D eigenvalue weighted by molar-refractivity contribution is 5.83. The third-order valence-electron chi connectivity index (χ3n) is 3.23. The van der Waals surface area contributed by atoms with Crippen LogP contribution >= 0.6 is 0 Å². The van der Waals surface area contributed by atoms with Crippen molar-refractivity contribution in [1.29, 1.82) is 0 Å². The molecule has 2 aromatic rings. The van der Waals surface area contributed by atoms with Crippen LogP contribution in [-0.2, 0) is 4.79 Å². The van der Waals surface area contributed by atoms with E-state index in [0.29, 0.717) is 16.7 Å². The van der Waals surface area contributed by atoms with Gasteiger partial charge in [-0.05, 0) is 47.9 Å². The number of aliphatic hydroxyl groups is 1. The molecule has 2 rings (SSSR count). The van der Waals surface area contributed by atoms with E-state index in [4.69, 9.17) is 9.47 Å². The third kappa shape index (κ3) is 4.51. The van der Waals surface area contributed by atoms with Crippen molar-refractivity contribution >= 4 is 5.97 Å². The summed E-state index contributed by atoms with van der Waals surface area (Å²) < 4.78 is 37.9. The van der Waals surface area contributed by atoms with Crippen molar-refractivity contribution in [3.05, 3.63) is 72.8 Å². The number of carbonyl (C=O) groups is 1. The summed E-state index contributed by atoms with van der Waals surface area (Å²) in [5.74, 6) is -2.68. The molecule has 0 aliphatic heterocycles. The maximum Gasteiger partial charge on any atom is 0.335 e. The van der Waals surface area contributed by atoms with Gasteiger partial charge in [-0.3, -0.25) is 0 Å². The van der Waals surface area contributed by atoms with Gasteiger partial charge in [-0.25, -0.2) is 13.6 Å². The molecular weight excluding hydrogens is 330 g/mol. The summed E-state index contributed by atoms with van der Waals surface area (Å²) in [6, 6.07) is 7.83. The van der Waals surface area contributed by atoms with Gasteiger partial charge in [0.05, 0.1) is 0 Å². The second-order valence-electron chi connectivity index (χ2n) is 5.23. The second-order valence-corrected chi connectivity index (χ2v) is 5.23. The Labute approximate surface area is 143 Å². The maximum absolute atomic E-state index is 14.1. The van der Waals surface area contributed by atoms with Crippen LogP contribution in [0, 0.1) is 11.6 Å². The second kappa shape index (κ2) is 7.72. The smallest absolute Gasteiger partial charge is 0.335 e. The minimum Gasteiger partial charge on any atom is -0.458 e. The molecule has 0 bridgehead atoms. The molecule has 0 aliphatic carbocycles. The van der Waals surface area contributed by atoms with Crippen molar-refractivity contribution in [3.8, 4) is 22.6 Å². The van der Waals surface area contributed by atoms with Gasteiger partial charge in [0.1, 0.15) is 0 Å². The lowest BCUT2D eigenvalue weighted by Gasteiger charge is -2.14. The van der Waals surface area contributed by atoms with E-state index in [1.54, 1.807) is 6.92 Å². The first-order valence-electron chi connectivity index (χ1n) is 7.25. The third-order valence-corrected chi connectivity index (χ3v) is 3.23. The normalized spacial score (nSPS) is 11.5. The first kappa shape index (κ1) is 18.4. The van der Waals surface area contributed by atoms with Gasteiger partial charge in [0, 0.05) is 6.08 Å². The van der Waals surface area contributed by atoms with E-state index >= 15 is 0 Å². The monoisotopic (exact) mass is 346 g/mol. The van der Waals surface area contributed by atoms with E-state index in [9.17, 15) is 18.7 Å². The molecular formula is C19H16F2O4. The summed E-state index contributed by atoms with van der Waals surface area (Å²) in [4.78, 5) is 11.1. The number of carbonyl (C=O) groups excluding carboxylic acids is 1. The molecule has 6 heteroatoms. The van der Waals surface area contributed by atoms with E-state index in [1.165, 1.54) is 24.3 Å². The Hall–Kier alpha value is -2.99. The van der Waals surface area contributed by atoms with Crippen molar-refractivity contribution in [2.24, 2.45) is 0 Å². The maximum atomic E-state index is 14.1. The number of halogens is 2. The summed E-state index contributed by atoms with van der Waals surface area (Å²) in [5, 5.41) is 9.56. The van der Waals surface area contributed by atoms with Crippen LogP contribution in [0.1, 0.15) is 6.92 Å². The van der Waals surface area contributed by atoms with Crippen LogP contribution in [-0.4, -0.2) is 17.4 Å². The Morgan fingerprint density at radius 2 is 1.64 bits per heavy atom. The molecule has 25 heavy (non-hydrogen) atoms. The number of benzene rings is 2. The molecule has 1 N–H and O–H groups in total. The summed E-state index contributed by atoms with van der Waals surface area (Å²) >= 11 is 0. The molecule has 4 nitrogen and oxygen atoms in total. The highest BCUT2D eigenvalue weighted by Gasteiger charge is 2.13. The fourth-order valence-electron chi connectivity index (χ4n) is 1.91. The SMILES string of the molecule is C=CC(=O)Oc1ccc(-c2ccc(OC(O)C(=C)C)c(F)c2)cc1F. The molecule has 1 unspecified atom stereocenters. The van der Waals surface area contributed by atoms with Crippen LogP contribution < -0.4 is 9.47 Å². The number of aliphatic hydroxyl groups excluding tert-OH is 1. The van der Waals surface area contributed by atoms with Crippen LogP contribution in [0.5, 0.6) is 11.5 Å². The van der Waals surface area contributed by atoms with Gasteiger partial charge in [-0.15, -0.1) is 0 Å². The van der Waals surface area contributed by atoms with Crippen LogP contribution in [0.15, 0.2) is 61.2 Å². The molecule has 0 amide bonds. The van der Waals surface area contributed by atoms with Gasteiger partial charge in [0.25, 0.3) is 0 Å². The first-order chi connectivity index (χ1) is 11.8. The summed E-state index contributed by atoms with van der Waals surface area (Å²) in [6.07, 6.45) is -0.405. The average Bonchev–Trinajstić information content (AvgIpc) is 2.58. The zero-order chi connectivity index (χ0) is 18.6. The number of rotatable bonds is 6. The van der Waals surface area contributed by atoms with Crippen LogP contribution in [0.2, 0.25) is 0 Å². The van der Waals surface area contributed by atoms with Gasteiger partial charge in [0.2, 0.25) is 6.29 Å². The Morgan fingerprint density at radius 3 is 2.08 bits per heavy atom. The minimum atomic E-state index is -1.32.